The van der Waals surface area contributed by atoms with E-state index in [1.807, 2.05) is 19.1 Å². The standard InChI is InChI=1S/C13H10N2O/c1-10-4-2-5-11(8-14)13(10)16-12-6-3-7-15-9-12/h2-7,9H,1H3. The monoisotopic (exact) mass is 210 g/mol. The number of para-hydroxylation sites is 1. The Morgan fingerprint density at radius 1 is 1.25 bits per heavy atom. The summed E-state index contributed by atoms with van der Waals surface area (Å²) >= 11 is 0. The molecule has 1 heterocycles. The van der Waals surface area contributed by atoms with E-state index in [-0.39, 0.29) is 0 Å². The summed E-state index contributed by atoms with van der Waals surface area (Å²) in [5.41, 5.74) is 1.46. The van der Waals surface area contributed by atoms with Gasteiger partial charge in [-0.3, -0.25) is 4.98 Å². The molecule has 0 atom stereocenters. The van der Waals surface area contributed by atoms with Gasteiger partial charge in [-0.25, -0.2) is 0 Å². The molecular weight excluding hydrogens is 200 g/mol. The third kappa shape index (κ3) is 2.01. The van der Waals surface area contributed by atoms with Crippen LogP contribution in [0.2, 0.25) is 0 Å². The maximum absolute atomic E-state index is 8.98. The highest BCUT2D eigenvalue weighted by atomic mass is 16.5. The van der Waals surface area contributed by atoms with Crippen LogP contribution >= 0.6 is 0 Å². The first-order valence-electron chi connectivity index (χ1n) is 4.89. The molecule has 2 aromatic rings. The molecule has 1 aromatic carbocycles. The van der Waals surface area contributed by atoms with Crippen molar-refractivity contribution in [3.63, 3.8) is 0 Å². The molecule has 0 N–H and O–H groups in total. The zero-order chi connectivity index (χ0) is 11.4. The van der Waals surface area contributed by atoms with Crippen molar-refractivity contribution in [2.24, 2.45) is 0 Å². The molecule has 0 fully saturated rings. The summed E-state index contributed by atoms with van der Waals surface area (Å²) < 4.78 is 5.65. The summed E-state index contributed by atoms with van der Waals surface area (Å²) in [6.45, 7) is 1.91. The Kier molecular flexibility index (Phi) is 2.84. The Balaban J connectivity index is 2.39. The van der Waals surface area contributed by atoms with Crippen LogP contribution in [0.1, 0.15) is 11.1 Å². The van der Waals surface area contributed by atoms with Crippen LogP contribution in [-0.2, 0) is 0 Å². The van der Waals surface area contributed by atoms with Gasteiger partial charge in [0.15, 0.2) is 0 Å². The second kappa shape index (κ2) is 4.45. The first kappa shape index (κ1) is 10.2. The molecule has 0 radical (unpaired) electrons. The van der Waals surface area contributed by atoms with Crippen molar-refractivity contribution in [1.29, 1.82) is 5.26 Å². The van der Waals surface area contributed by atoms with E-state index in [0.29, 0.717) is 17.1 Å². The van der Waals surface area contributed by atoms with E-state index >= 15 is 0 Å². The summed E-state index contributed by atoms with van der Waals surface area (Å²) in [6.07, 6.45) is 3.30. The maximum atomic E-state index is 8.98. The summed E-state index contributed by atoms with van der Waals surface area (Å²) in [5, 5.41) is 8.98. The molecule has 0 saturated carbocycles. The van der Waals surface area contributed by atoms with E-state index in [0.717, 1.165) is 5.56 Å². The number of benzene rings is 1. The number of rotatable bonds is 2. The number of aromatic nitrogens is 1. The number of hydrogen-bond donors (Lipinski definition) is 0. The summed E-state index contributed by atoms with van der Waals surface area (Å²) in [5.74, 6) is 1.23. The van der Waals surface area contributed by atoms with Gasteiger partial charge in [0.2, 0.25) is 0 Å². The fourth-order valence-electron chi connectivity index (χ4n) is 1.40. The van der Waals surface area contributed by atoms with Crippen LogP contribution in [-0.4, -0.2) is 4.98 Å². The molecule has 0 unspecified atom stereocenters. The average Bonchev–Trinajstić information content (AvgIpc) is 2.33. The van der Waals surface area contributed by atoms with Crippen LogP contribution in [0.4, 0.5) is 0 Å². The second-order valence-corrected chi connectivity index (χ2v) is 3.35. The third-order valence-electron chi connectivity index (χ3n) is 2.19. The number of aryl methyl sites for hydroxylation is 1. The van der Waals surface area contributed by atoms with E-state index in [1.54, 1.807) is 30.6 Å². The van der Waals surface area contributed by atoms with E-state index in [1.165, 1.54) is 0 Å². The minimum atomic E-state index is 0.531. The minimum Gasteiger partial charge on any atom is -0.454 e. The van der Waals surface area contributed by atoms with Crippen LogP contribution in [0.3, 0.4) is 0 Å². The number of ether oxygens (including phenoxy) is 1. The normalized spacial score (nSPS) is 9.50. The maximum Gasteiger partial charge on any atom is 0.148 e. The summed E-state index contributed by atoms with van der Waals surface area (Å²) in [6, 6.07) is 11.2. The van der Waals surface area contributed by atoms with Gasteiger partial charge < -0.3 is 4.74 Å². The molecule has 2 rings (SSSR count). The van der Waals surface area contributed by atoms with Crippen LogP contribution in [0.25, 0.3) is 0 Å². The molecule has 0 spiro atoms. The lowest BCUT2D eigenvalue weighted by atomic mass is 10.1. The average molecular weight is 210 g/mol. The molecule has 0 aliphatic heterocycles. The Morgan fingerprint density at radius 3 is 2.81 bits per heavy atom. The van der Waals surface area contributed by atoms with Gasteiger partial charge in [0, 0.05) is 6.20 Å². The molecule has 0 amide bonds. The van der Waals surface area contributed by atoms with Crippen LogP contribution < -0.4 is 4.74 Å². The molecule has 1 aromatic heterocycles. The summed E-state index contributed by atoms with van der Waals surface area (Å²) in [4.78, 5) is 3.96. The fraction of sp³-hybridized carbons (Fsp3) is 0.0769. The summed E-state index contributed by atoms with van der Waals surface area (Å²) in [7, 11) is 0. The lowest BCUT2D eigenvalue weighted by Gasteiger charge is -2.09. The van der Waals surface area contributed by atoms with Gasteiger partial charge in [0.1, 0.15) is 17.6 Å². The Labute approximate surface area is 93.9 Å². The second-order valence-electron chi connectivity index (χ2n) is 3.35. The van der Waals surface area contributed by atoms with Gasteiger partial charge in [-0.2, -0.15) is 5.26 Å². The Bertz CT molecular complexity index is 529. The predicted molar refractivity (Wildman–Crippen MR) is 60.2 cm³/mol. The predicted octanol–water partition coefficient (Wildman–Crippen LogP) is 3.05. The van der Waals surface area contributed by atoms with Gasteiger partial charge >= 0.3 is 0 Å². The van der Waals surface area contributed by atoms with Crippen molar-refractivity contribution in [2.75, 3.05) is 0 Å². The highest BCUT2D eigenvalue weighted by molar-refractivity contribution is 5.49. The van der Waals surface area contributed by atoms with Crippen LogP contribution in [0.5, 0.6) is 11.5 Å². The minimum absolute atomic E-state index is 0.531. The van der Waals surface area contributed by atoms with E-state index in [2.05, 4.69) is 11.1 Å². The number of nitriles is 1. The smallest absolute Gasteiger partial charge is 0.148 e. The third-order valence-corrected chi connectivity index (χ3v) is 2.19. The number of nitrogens with zero attached hydrogens (tertiary/aromatic N) is 2. The molecule has 0 aliphatic carbocycles. The van der Waals surface area contributed by atoms with E-state index in [9.17, 15) is 0 Å². The largest absolute Gasteiger partial charge is 0.454 e. The van der Waals surface area contributed by atoms with Gasteiger partial charge in [0.05, 0.1) is 11.8 Å². The van der Waals surface area contributed by atoms with Crippen molar-refractivity contribution in [3.8, 4) is 17.6 Å². The number of pyridine rings is 1. The fourth-order valence-corrected chi connectivity index (χ4v) is 1.40. The van der Waals surface area contributed by atoms with Crippen molar-refractivity contribution in [3.05, 3.63) is 53.9 Å². The lowest BCUT2D eigenvalue weighted by molar-refractivity contribution is 0.475. The number of hydrogen-bond acceptors (Lipinski definition) is 3. The van der Waals surface area contributed by atoms with Crippen molar-refractivity contribution in [2.45, 2.75) is 6.92 Å². The molecular formula is C13H10N2O. The molecule has 16 heavy (non-hydrogen) atoms. The SMILES string of the molecule is Cc1cccc(C#N)c1Oc1cccnc1. The highest BCUT2D eigenvalue weighted by Gasteiger charge is 2.07. The molecule has 3 heteroatoms. The Morgan fingerprint density at radius 2 is 2.12 bits per heavy atom. The van der Waals surface area contributed by atoms with Crippen molar-refractivity contribution < 1.29 is 4.74 Å². The molecule has 0 saturated heterocycles. The Hall–Kier alpha value is -2.34. The van der Waals surface area contributed by atoms with Gasteiger partial charge in [-0.1, -0.05) is 12.1 Å². The highest BCUT2D eigenvalue weighted by Crippen LogP contribution is 2.27. The molecule has 0 bridgehead atoms. The van der Waals surface area contributed by atoms with Gasteiger partial charge in [-0.15, -0.1) is 0 Å². The van der Waals surface area contributed by atoms with Gasteiger partial charge in [-0.05, 0) is 30.7 Å². The lowest BCUT2D eigenvalue weighted by Crippen LogP contribution is -1.91. The zero-order valence-electron chi connectivity index (χ0n) is 8.84. The molecule has 3 nitrogen and oxygen atoms in total. The van der Waals surface area contributed by atoms with E-state index in [4.69, 9.17) is 10.00 Å². The molecule has 78 valence electrons. The molecule has 0 aliphatic rings. The first-order valence-corrected chi connectivity index (χ1v) is 4.89. The topological polar surface area (TPSA) is 45.9 Å². The quantitative estimate of drug-likeness (QED) is 0.765. The van der Waals surface area contributed by atoms with Crippen molar-refractivity contribution in [1.82, 2.24) is 4.98 Å². The van der Waals surface area contributed by atoms with Crippen LogP contribution in [0.15, 0.2) is 42.7 Å². The van der Waals surface area contributed by atoms with Gasteiger partial charge in [0.25, 0.3) is 0 Å². The van der Waals surface area contributed by atoms with Crippen LogP contribution in [0, 0.1) is 18.3 Å². The van der Waals surface area contributed by atoms with Crippen molar-refractivity contribution >= 4 is 0 Å². The first-order chi connectivity index (χ1) is 7.81. The van der Waals surface area contributed by atoms with E-state index < -0.39 is 0 Å². The zero-order valence-corrected chi connectivity index (χ0v) is 8.84.